The minimum Gasteiger partial charge on any atom is -0.493 e. The highest BCUT2D eigenvalue weighted by Crippen LogP contribution is 2.33. The maximum Gasteiger partial charge on any atom is 0.238 e. The quantitative estimate of drug-likeness (QED) is 0.431. The predicted octanol–water partition coefficient (Wildman–Crippen LogP) is 3.82. The number of carbonyl (C=O) groups excluding carboxylic acids is 1. The van der Waals surface area contributed by atoms with E-state index in [2.05, 4.69) is 10.0 Å². The van der Waals surface area contributed by atoms with Crippen LogP contribution in [0.4, 0.5) is 0 Å². The third-order valence-corrected chi connectivity index (χ3v) is 7.14. The van der Waals surface area contributed by atoms with Crippen LogP contribution in [-0.2, 0) is 21.2 Å². The molecule has 1 saturated carbocycles. The summed E-state index contributed by atoms with van der Waals surface area (Å²) in [4.78, 5) is 12.6. The zero-order valence-electron chi connectivity index (χ0n) is 19.4. The summed E-state index contributed by atoms with van der Waals surface area (Å²) in [5.41, 5.74) is 2.00. The molecule has 0 heterocycles. The van der Waals surface area contributed by atoms with Crippen LogP contribution in [0.3, 0.4) is 0 Å². The molecule has 1 atom stereocenters. The Morgan fingerprint density at radius 3 is 2.56 bits per heavy atom. The molecule has 9 heteroatoms. The molecular weight excluding hydrogens is 476 g/mol. The third kappa shape index (κ3) is 8.04. The number of benzene rings is 2. The standard InChI is InChI=1S/C25H31ClN2O5S/c1-3-34(30,31)28-24(20-9-10-20)25(29)27-15-14-19-8-13-22(23(17-19)32-2)33-16-4-5-18-6-11-21(26)12-7-18/h4-8,11-13,17,20,24,28H,3,9-10,14-16H2,1-2H3,(H,27,29)/t24-/m0/s1. The van der Waals surface area contributed by atoms with Gasteiger partial charge in [-0.05, 0) is 73.6 Å². The normalized spacial score (nSPS) is 14.7. The zero-order chi connectivity index (χ0) is 24.6. The summed E-state index contributed by atoms with van der Waals surface area (Å²) in [5, 5.41) is 3.55. The second kappa shape index (κ2) is 12.2. The van der Waals surface area contributed by atoms with Crippen LogP contribution in [0.15, 0.2) is 48.5 Å². The Labute approximate surface area is 206 Å². The van der Waals surface area contributed by atoms with E-state index >= 15 is 0 Å². The van der Waals surface area contributed by atoms with Crippen molar-refractivity contribution in [2.45, 2.75) is 32.2 Å². The molecule has 1 aliphatic carbocycles. The van der Waals surface area contributed by atoms with Crippen molar-refractivity contribution < 1.29 is 22.7 Å². The van der Waals surface area contributed by atoms with Crippen LogP contribution in [0.1, 0.15) is 30.9 Å². The fourth-order valence-electron chi connectivity index (χ4n) is 3.39. The van der Waals surface area contributed by atoms with Gasteiger partial charge in [-0.1, -0.05) is 35.9 Å². The van der Waals surface area contributed by atoms with Gasteiger partial charge in [-0.25, -0.2) is 13.1 Å². The summed E-state index contributed by atoms with van der Waals surface area (Å²) in [7, 11) is -1.86. The van der Waals surface area contributed by atoms with E-state index in [1.807, 2.05) is 54.6 Å². The van der Waals surface area contributed by atoms with Gasteiger partial charge in [-0.15, -0.1) is 0 Å². The first-order chi connectivity index (χ1) is 16.3. The number of rotatable bonds is 13. The van der Waals surface area contributed by atoms with Gasteiger partial charge in [-0.2, -0.15) is 0 Å². The summed E-state index contributed by atoms with van der Waals surface area (Å²) < 4.78 is 37.6. The molecule has 2 aromatic rings. The molecule has 1 amide bonds. The lowest BCUT2D eigenvalue weighted by Gasteiger charge is -2.17. The first kappa shape index (κ1) is 26.1. The van der Waals surface area contributed by atoms with Gasteiger partial charge < -0.3 is 14.8 Å². The van der Waals surface area contributed by atoms with Crippen molar-refractivity contribution in [1.29, 1.82) is 0 Å². The van der Waals surface area contributed by atoms with Crippen molar-refractivity contribution >= 4 is 33.6 Å². The summed E-state index contributed by atoms with van der Waals surface area (Å²) >= 11 is 5.90. The molecule has 0 unspecified atom stereocenters. The van der Waals surface area contributed by atoms with E-state index in [0.29, 0.717) is 36.1 Å². The molecule has 34 heavy (non-hydrogen) atoms. The Bertz CT molecular complexity index is 1100. The highest BCUT2D eigenvalue weighted by atomic mass is 35.5. The summed E-state index contributed by atoms with van der Waals surface area (Å²) in [5.74, 6) is 0.980. The van der Waals surface area contributed by atoms with Crippen molar-refractivity contribution in [3.05, 3.63) is 64.7 Å². The van der Waals surface area contributed by atoms with Crippen molar-refractivity contribution in [2.75, 3.05) is 26.0 Å². The van der Waals surface area contributed by atoms with Gasteiger partial charge >= 0.3 is 0 Å². The van der Waals surface area contributed by atoms with Crippen LogP contribution in [0.25, 0.3) is 6.08 Å². The fourth-order valence-corrected chi connectivity index (χ4v) is 4.37. The number of hydrogen-bond donors (Lipinski definition) is 2. The molecular formula is C25H31ClN2O5S. The highest BCUT2D eigenvalue weighted by molar-refractivity contribution is 7.89. The van der Waals surface area contributed by atoms with Gasteiger partial charge in [0, 0.05) is 11.6 Å². The van der Waals surface area contributed by atoms with Crippen LogP contribution in [0.5, 0.6) is 11.5 Å². The Morgan fingerprint density at radius 1 is 1.18 bits per heavy atom. The summed E-state index contributed by atoms with van der Waals surface area (Å²) in [6.07, 6.45) is 6.16. The third-order valence-electron chi connectivity index (χ3n) is 5.52. The SMILES string of the molecule is CCS(=O)(=O)N[C@H](C(=O)NCCc1ccc(OCC=Cc2ccc(Cl)cc2)c(OC)c1)C1CC1. The van der Waals surface area contributed by atoms with E-state index in [4.69, 9.17) is 21.1 Å². The van der Waals surface area contributed by atoms with Crippen molar-refractivity contribution in [3.63, 3.8) is 0 Å². The fraction of sp³-hybridized carbons (Fsp3) is 0.400. The number of amides is 1. The Morgan fingerprint density at radius 2 is 1.91 bits per heavy atom. The van der Waals surface area contributed by atoms with Gasteiger partial charge in [0.1, 0.15) is 12.6 Å². The largest absolute Gasteiger partial charge is 0.493 e. The monoisotopic (exact) mass is 506 g/mol. The molecule has 1 fully saturated rings. The van der Waals surface area contributed by atoms with E-state index < -0.39 is 16.1 Å². The predicted molar refractivity (Wildman–Crippen MR) is 135 cm³/mol. The average Bonchev–Trinajstić information content (AvgIpc) is 3.67. The molecule has 7 nitrogen and oxygen atoms in total. The minimum absolute atomic E-state index is 0.0470. The minimum atomic E-state index is -3.44. The molecule has 0 aromatic heterocycles. The van der Waals surface area contributed by atoms with Gasteiger partial charge in [0.05, 0.1) is 12.9 Å². The van der Waals surface area contributed by atoms with E-state index in [-0.39, 0.29) is 17.6 Å². The molecule has 0 saturated heterocycles. The van der Waals surface area contributed by atoms with Crippen molar-refractivity contribution in [3.8, 4) is 11.5 Å². The maximum atomic E-state index is 12.6. The van der Waals surface area contributed by atoms with Crippen LogP contribution in [0, 0.1) is 5.92 Å². The van der Waals surface area contributed by atoms with E-state index in [0.717, 1.165) is 24.0 Å². The Balaban J connectivity index is 1.49. The zero-order valence-corrected chi connectivity index (χ0v) is 21.0. The first-order valence-electron chi connectivity index (χ1n) is 11.3. The molecule has 1 aliphatic rings. The number of sulfonamides is 1. The molecule has 0 aliphatic heterocycles. The van der Waals surface area contributed by atoms with Crippen LogP contribution < -0.4 is 19.5 Å². The van der Waals surface area contributed by atoms with E-state index in [1.54, 1.807) is 14.0 Å². The van der Waals surface area contributed by atoms with E-state index in [1.165, 1.54) is 0 Å². The lowest BCUT2D eigenvalue weighted by Crippen LogP contribution is -2.48. The van der Waals surface area contributed by atoms with Crippen LogP contribution in [-0.4, -0.2) is 46.4 Å². The number of ether oxygens (including phenoxy) is 2. The van der Waals surface area contributed by atoms with E-state index in [9.17, 15) is 13.2 Å². The number of nitrogens with one attached hydrogen (secondary N) is 2. The molecule has 0 radical (unpaired) electrons. The molecule has 0 spiro atoms. The van der Waals surface area contributed by atoms with Crippen molar-refractivity contribution in [1.82, 2.24) is 10.0 Å². The number of hydrogen-bond acceptors (Lipinski definition) is 5. The first-order valence-corrected chi connectivity index (χ1v) is 13.3. The Hall–Kier alpha value is -2.55. The number of methoxy groups -OCH3 is 1. The topological polar surface area (TPSA) is 93.7 Å². The highest BCUT2D eigenvalue weighted by Gasteiger charge is 2.38. The van der Waals surface area contributed by atoms with Gasteiger partial charge in [0.15, 0.2) is 11.5 Å². The lowest BCUT2D eigenvalue weighted by atomic mass is 10.1. The summed E-state index contributed by atoms with van der Waals surface area (Å²) in [6.45, 7) is 2.33. The second-order valence-electron chi connectivity index (χ2n) is 8.13. The molecule has 184 valence electrons. The van der Waals surface area contributed by atoms with Crippen LogP contribution >= 0.6 is 11.6 Å². The van der Waals surface area contributed by atoms with Crippen molar-refractivity contribution in [2.24, 2.45) is 5.92 Å². The molecule has 0 bridgehead atoms. The number of halogens is 1. The molecule has 2 aromatic carbocycles. The Kier molecular flexibility index (Phi) is 9.38. The average molecular weight is 507 g/mol. The summed E-state index contributed by atoms with van der Waals surface area (Å²) in [6, 6.07) is 12.5. The number of carbonyl (C=O) groups is 1. The maximum absolute atomic E-state index is 12.6. The molecule has 3 rings (SSSR count). The van der Waals surface area contributed by atoms with Gasteiger partial charge in [0.2, 0.25) is 15.9 Å². The second-order valence-corrected chi connectivity index (χ2v) is 10.6. The smallest absolute Gasteiger partial charge is 0.238 e. The molecule has 2 N–H and O–H groups in total. The lowest BCUT2D eigenvalue weighted by molar-refractivity contribution is -0.123. The van der Waals surface area contributed by atoms with Crippen LogP contribution in [0.2, 0.25) is 5.02 Å². The van der Waals surface area contributed by atoms with Gasteiger partial charge in [0.25, 0.3) is 0 Å². The van der Waals surface area contributed by atoms with Gasteiger partial charge in [-0.3, -0.25) is 4.79 Å².